The average molecular weight is 130 g/mol. The summed E-state index contributed by atoms with van der Waals surface area (Å²) in [6.07, 6.45) is 0.166. The van der Waals surface area contributed by atoms with E-state index in [1.54, 1.807) is 0 Å². The lowest BCUT2D eigenvalue weighted by Crippen LogP contribution is -2.47. The minimum absolute atomic E-state index is 0.166. The van der Waals surface area contributed by atoms with Gasteiger partial charge in [-0.3, -0.25) is 4.84 Å². The standard InChI is InChI=1S/C5H10N2O2/c1-2-7-5(3-6-1)8-4-9-7/h5-6H,1-4H2. The second-order valence-electron chi connectivity index (χ2n) is 2.21. The summed E-state index contributed by atoms with van der Waals surface area (Å²) >= 11 is 0. The molecule has 0 aromatic carbocycles. The molecule has 2 heterocycles. The van der Waals surface area contributed by atoms with Crippen LogP contribution in [0.1, 0.15) is 0 Å². The zero-order chi connectivity index (χ0) is 6.10. The van der Waals surface area contributed by atoms with Crippen molar-refractivity contribution >= 4 is 0 Å². The van der Waals surface area contributed by atoms with Crippen molar-refractivity contribution in [3.05, 3.63) is 0 Å². The summed E-state index contributed by atoms with van der Waals surface area (Å²) in [5, 5.41) is 5.09. The summed E-state index contributed by atoms with van der Waals surface area (Å²) < 4.78 is 5.20. The predicted molar refractivity (Wildman–Crippen MR) is 30.4 cm³/mol. The van der Waals surface area contributed by atoms with E-state index >= 15 is 0 Å². The maximum atomic E-state index is 5.20. The van der Waals surface area contributed by atoms with Gasteiger partial charge in [0.25, 0.3) is 0 Å². The lowest BCUT2D eigenvalue weighted by molar-refractivity contribution is -0.138. The molecule has 9 heavy (non-hydrogen) atoms. The molecule has 4 nitrogen and oxygen atoms in total. The van der Waals surface area contributed by atoms with E-state index in [0.29, 0.717) is 6.79 Å². The fourth-order valence-corrected chi connectivity index (χ4v) is 1.13. The van der Waals surface area contributed by atoms with E-state index in [2.05, 4.69) is 5.32 Å². The molecule has 0 spiro atoms. The van der Waals surface area contributed by atoms with Gasteiger partial charge in [0, 0.05) is 19.6 Å². The zero-order valence-corrected chi connectivity index (χ0v) is 5.17. The molecule has 2 rings (SSSR count). The van der Waals surface area contributed by atoms with Gasteiger partial charge in [-0.15, -0.1) is 0 Å². The Morgan fingerprint density at radius 2 is 2.56 bits per heavy atom. The van der Waals surface area contributed by atoms with Crippen LogP contribution in [0.2, 0.25) is 0 Å². The first kappa shape index (κ1) is 5.61. The molecule has 2 fully saturated rings. The first-order valence-corrected chi connectivity index (χ1v) is 3.19. The van der Waals surface area contributed by atoms with Crippen molar-refractivity contribution in [1.29, 1.82) is 0 Å². The molecule has 0 aliphatic carbocycles. The summed E-state index contributed by atoms with van der Waals surface area (Å²) in [4.78, 5) is 5.13. The van der Waals surface area contributed by atoms with Crippen molar-refractivity contribution in [3.8, 4) is 0 Å². The molecule has 0 saturated carbocycles. The van der Waals surface area contributed by atoms with E-state index in [-0.39, 0.29) is 6.23 Å². The smallest absolute Gasteiger partial charge is 0.169 e. The van der Waals surface area contributed by atoms with E-state index in [1.807, 2.05) is 5.06 Å². The lowest BCUT2D eigenvalue weighted by atomic mass is 10.4. The van der Waals surface area contributed by atoms with Gasteiger partial charge < -0.3 is 10.1 Å². The summed E-state index contributed by atoms with van der Waals surface area (Å²) in [7, 11) is 0. The third kappa shape index (κ3) is 0.943. The van der Waals surface area contributed by atoms with E-state index in [1.165, 1.54) is 0 Å². The van der Waals surface area contributed by atoms with Gasteiger partial charge in [0.05, 0.1) is 0 Å². The second kappa shape index (κ2) is 2.22. The zero-order valence-electron chi connectivity index (χ0n) is 5.17. The normalized spacial score (nSPS) is 36.7. The molecule has 0 bridgehead atoms. The van der Waals surface area contributed by atoms with Crippen LogP contribution in [0.5, 0.6) is 0 Å². The van der Waals surface area contributed by atoms with Crippen LogP contribution >= 0.6 is 0 Å². The number of fused-ring (bicyclic) bond motifs is 1. The molecule has 52 valence electrons. The molecule has 4 heteroatoms. The van der Waals surface area contributed by atoms with Crippen molar-refractivity contribution in [1.82, 2.24) is 10.4 Å². The van der Waals surface area contributed by atoms with Gasteiger partial charge in [0.15, 0.2) is 6.79 Å². The van der Waals surface area contributed by atoms with Crippen molar-refractivity contribution in [3.63, 3.8) is 0 Å². The van der Waals surface area contributed by atoms with Crippen molar-refractivity contribution < 1.29 is 9.57 Å². The van der Waals surface area contributed by atoms with Crippen molar-refractivity contribution in [2.45, 2.75) is 6.23 Å². The number of piperazine rings is 1. The fourth-order valence-electron chi connectivity index (χ4n) is 1.13. The molecule has 1 N–H and O–H groups in total. The highest BCUT2D eigenvalue weighted by Gasteiger charge is 2.28. The van der Waals surface area contributed by atoms with Crippen LogP contribution in [0.3, 0.4) is 0 Å². The quantitative estimate of drug-likeness (QED) is 0.462. The van der Waals surface area contributed by atoms with Crippen molar-refractivity contribution in [2.75, 3.05) is 26.4 Å². The molecular formula is C5H10N2O2. The third-order valence-corrected chi connectivity index (χ3v) is 1.63. The average Bonchev–Trinajstić information content (AvgIpc) is 2.33. The number of rotatable bonds is 0. The Morgan fingerprint density at radius 1 is 1.56 bits per heavy atom. The van der Waals surface area contributed by atoms with Gasteiger partial charge in [-0.05, 0) is 0 Å². The van der Waals surface area contributed by atoms with Crippen LogP contribution in [0, 0.1) is 0 Å². The van der Waals surface area contributed by atoms with Crippen LogP contribution in [0.15, 0.2) is 0 Å². The predicted octanol–water partition coefficient (Wildman–Crippen LogP) is -0.863. The molecule has 0 amide bonds. The van der Waals surface area contributed by atoms with Gasteiger partial charge in [-0.2, -0.15) is 5.06 Å². The van der Waals surface area contributed by atoms with E-state index in [4.69, 9.17) is 9.57 Å². The summed E-state index contributed by atoms with van der Waals surface area (Å²) in [6.45, 7) is 3.25. The number of nitrogens with one attached hydrogen (secondary N) is 1. The van der Waals surface area contributed by atoms with Crippen LogP contribution in [0.25, 0.3) is 0 Å². The van der Waals surface area contributed by atoms with Gasteiger partial charge in [0.2, 0.25) is 0 Å². The molecule has 2 saturated heterocycles. The first-order valence-electron chi connectivity index (χ1n) is 3.19. The van der Waals surface area contributed by atoms with Gasteiger partial charge in [0.1, 0.15) is 6.23 Å². The Bertz CT molecular complexity index is 97.1. The van der Waals surface area contributed by atoms with Crippen LogP contribution in [0.4, 0.5) is 0 Å². The molecule has 0 aromatic heterocycles. The molecule has 2 aliphatic heterocycles. The van der Waals surface area contributed by atoms with Gasteiger partial charge in [-0.1, -0.05) is 0 Å². The van der Waals surface area contributed by atoms with Gasteiger partial charge in [-0.25, -0.2) is 0 Å². The molecule has 2 aliphatic rings. The molecule has 0 aromatic rings. The molecule has 0 radical (unpaired) electrons. The lowest BCUT2D eigenvalue weighted by Gasteiger charge is -2.25. The maximum absolute atomic E-state index is 5.20. The highest BCUT2D eigenvalue weighted by Crippen LogP contribution is 2.11. The fraction of sp³-hybridized carbons (Fsp3) is 1.00. The largest absolute Gasteiger partial charge is 0.332 e. The highest BCUT2D eigenvalue weighted by atomic mass is 16.8. The Hall–Kier alpha value is -0.160. The van der Waals surface area contributed by atoms with E-state index in [0.717, 1.165) is 19.6 Å². The van der Waals surface area contributed by atoms with Crippen LogP contribution in [-0.2, 0) is 9.57 Å². The van der Waals surface area contributed by atoms with Crippen molar-refractivity contribution in [2.24, 2.45) is 0 Å². The Balaban J connectivity index is 1.97. The first-order chi connectivity index (χ1) is 4.47. The molecular weight excluding hydrogens is 120 g/mol. The summed E-state index contributed by atoms with van der Waals surface area (Å²) in [5.74, 6) is 0. The number of ether oxygens (including phenoxy) is 1. The molecule has 1 unspecified atom stereocenters. The third-order valence-electron chi connectivity index (χ3n) is 1.63. The second-order valence-corrected chi connectivity index (χ2v) is 2.21. The van der Waals surface area contributed by atoms with Crippen LogP contribution in [-0.4, -0.2) is 37.7 Å². The number of hydrogen-bond acceptors (Lipinski definition) is 4. The Labute approximate surface area is 53.7 Å². The van der Waals surface area contributed by atoms with Crippen LogP contribution < -0.4 is 5.32 Å². The topological polar surface area (TPSA) is 33.7 Å². The number of nitrogens with zero attached hydrogens (tertiary/aromatic N) is 1. The minimum Gasteiger partial charge on any atom is -0.332 e. The van der Waals surface area contributed by atoms with E-state index in [9.17, 15) is 0 Å². The highest BCUT2D eigenvalue weighted by molar-refractivity contribution is 4.68. The minimum atomic E-state index is 0.166. The summed E-state index contributed by atoms with van der Waals surface area (Å²) in [5.41, 5.74) is 0. The number of hydroxylamine groups is 2. The van der Waals surface area contributed by atoms with Gasteiger partial charge >= 0.3 is 0 Å². The SMILES string of the molecule is C1CN2OCOC2CN1. The van der Waals surface area contributed by atoms with E-state index < -0.39 is 0 Å². The monoisotopic (exact) mass is 130 g/mol. The number of hydrogen-bond donors (Lipinski definition) is 1. The molecule has 1 atom stereocenters. The maximum Gasteiger partial charge on any atom is 0.169 e. The Morgan fingerprint density at radius 3 is 3.44 bits per heavy atom. The summed E-state index contributed by atoms with van der Waals surface area (Å²) in [6, 6.07) is 0. The Kier molecular flexibility index (Phi) is 1.39.